The summed E-state index contributed by atoms with van der Waals surface area (Å²) in [7, 11) is 0. The number of benzene rings is 2. The molecule has 0 spiro atoms. The van der Waals surface area contributed by atoms with E-state index >= 15 is 0 Å². The fourth-order valence-electron chi connectivity index (χ4n) is 2.47. The van der Waals surface area contributed by atoms with Crippen LogP contribution < -0.4 is 0 Å². The number of hydrogen-bond acceptors (Lipinski definition) is 4. The molecule has 0 aliphatic carbocycles. The first kappa shape index (κ1) is 14.2. The Kier molecular flexibility index (Phi) is 3.80. The first-order chi connectivity index (χ1) is 10.6. The van der Waals surface area contributed by atoms with E-state index in [4.69, 9.17) is 0 Å². The predicted octanol–water partition coefficient (Wildman–Crippen LogP) is 3.42. The van der Waals surface area contributed by atoms with Gasteiger partial charge in [0.05, 0.1) is 22.1 Å². The standard InChI is InChI=1S/C17H14N2O3/c20-17(14-6-2-4-8-16(14)19(21)22)11-13-10-9-12-5-1-3-7-15(12)18-13/h1-10,17,20H,11H2/t17-/m0/s1. The van der Waals surface area contributed by atoms with Crippen LogP contribution in [0.3, 0.4) is 0 Å². The molecule has 0 unspecified atom stereocenters. The monoisotopic (exact) mass is 294 g/mol. The molecule has 0 saturated carbocycles. The molecule has 3 aromatic rings. The molecule has 0 radical (unpaired) electrons. The number of fused-ring (bicyclic) bond motifs is 1. The predicted molar refractivity (Wildman–Crippen MR) is 83.5 cm³/mol. The zero-order valence-corrected chi connectivity index (χ0v) is 11.7. The van der Waals surface area contributed by atoms with Gasteiger partial charge in [0.1, 0.15) is 0 Å². The Morgan fingerprint density at radius 2 is 1.77 bits per heavy atom. The number of para-hydroxylation sites is 2. The minimum Gasteiger partial charge on any atom is -0.388 e. The summed E-state index contributed by atoms with van der Waals surface area (Å²) in [6.45, 7) is 0. The quantitative estimate of drug-likeness (QED) is 0.591. The Morgan fingerprint density at radius 1 is 1.05 bits per heavy atom. The van der Waals surface area contributed by atoms with Crippen LogP contribution in [-0.4, -0.2) is 15.0 Å². The molecule has 0 aliphatic heterocycles. The van der Waals surface area contributed by atoms with E-state index in [9.17, 15) is 15.2 Å². The maximum Gasteiger partial charge on any atom is 0.275 e. The molecule has 1 heterocycles. The number of aliphatic hydroxyl groups excluding tert-OH is 1. The largest absolute Gasteiger partial charge is 0.388 e. The van der Waals surface area contributed by atoms with E-state index in [2.05, 4.69) is 4.98 Å². The van der Waals surface area contributed by atoms with Crippen molar-refractivity contribution in [1.29, 1.82) is 0 Å². The van der Waals surface area contributed by atoms with E-state index < -0.39 is 11.0 Å². The first-order valence-electron chi connectivity index (χ1n) is 6.91. The van der Waals surface area contributed by atoms with Gasteiger partial charge in [-0.25, -0.2) is 0 Å². The van der Waals surface area contributed by atoms with Gasteiger partial charge in [0.2, 0.25) is 0 Å². The minimum atomic E-state index is -0.963. The van der Waals surface area contributed by atoms with Crippen molar-refractivity contribution in [2.75, 3.05) is 0 Å². The van der Waals surface area contributed by atoms with Crippen LogP contribution in [0, 0.1) is 10.1 Å². The van der Waals surface area contributed by atoms with Gasteiger partial charge in [-0.3, -0.25) is 15.1 Å². The normalized spacial score (nSPS) is 12.2. The molecule has 1 aromatic heterocycles. The van der Waals surface area contributed by atoms with Crippen molar-refractivity contribution < 1.29 is 10.0 Å². The highest BCUT2D eigenvalue weighted by Gasteiger charge is 2.20. The molecule has 22 heavy (non-hydrogen) atoms. The van der Waals surface area contributed by atoms with Gasteiger partial charge >= 0.3 is 0 Å². The summed E-state index contributed by atoms with van der Waals surface area (Å²) in [5.41, 5.74) is 1.78. The van der Waals surface area contributed by atoms with E-state index in [-0.39, 0.29) is 12.1 Å². The molecule has 1 atom stereocenters. The zero-order valence-electron chi connectivity index (χ0n) is 11.7. The molecule has 0 amide bonds. The van der Waals surface area contributed by atoms with Crippen LogP contribution in [0.2, 0.25) is 0 Å². The number of aliphatic hydroxyl groups is 1. The topological polar surface area (TPSA) is 76.3 Å². The lowest BCUT2D eigenvalue weighted by Crippen LogP contribution is -2.06. The Hall–Kier alpha value is -2.79. The molecular weight excluding hydrogens is 280 g/mol. The fraction of sp³-hybridized carbons (Fsp3) is 0.118. The van der Waals surface area contributed by atoms with Crippen LogP contribution in [0.15, 0.2) is 60.7 Å². The van der Waals surface area contributed by atoms with Crippen LogP contribution in [0.4, 0.5) is 5.69 Å². The summed E-state index contributed by atoms with van der Waals surface area (Å²) in [5.74, 6) is 0. The van der Waals surface area contributed by atoms with Crippen LogP contribution in [0.25, 0.3) is 10.9 Å². The highest BCUT2D eigenvalue weighted by Crippen LogP contribution is 2.27. The third-order valence-corrected chi connectivity index (χ3v) is 3.55. The molecule has 0 aliphatic rings. The van der Waals surface area contributed by atoms with Crippen molar-refractivity contribution in [2.45, 2.75) is 12.5 Å². The summed E-state index contributed by atoms with van der Waals surface area (Å²) in [6.07, 6.45) is -0.731. The Bertz CT molecular complexity index is 833. The summed E-state index contributed by atoms with van der Waals surface area (Å²) in [4.78, 5) is 15.0. The SMILES string of the molecule is O=[N+]([O-])c1ccccc1[C@@H](O)Cc1ccc2ccccc2n1. The smallest absolute Gasteiger partial charge is 0.275 e. The van der Waals surface area contributed by atoms with Crippen LogP contribution in [-0.2, 0) is 6.42 Å². The fourth-order valence-corrected chi connectivity index (χ4v) is 2.47. The molecule has 5 nitrogen and oxygen atoms in total. The van der Waals surface area contributed by atoms with E-state index in [1.165, 1.54) is 6.07 Å². The number of nitro groups is 1. The lowest BCUT2D eigenvalue weighted by molar-refractivity contribution is -0.386. The van der Waals surface area contributed by atoms with E-state index in [0.717, 1.165) is 10.9 Å². The second-order valence-corrected chi connectivity index (χ2v) is 5.03. The second-order valence-electron chi connectivity index (χ2n) is 5.03. The lowest BCUT2D eigenvalue weighted by Gasteiger charge is -2.11. The number of rotatable bonds is 4. The molecule has 0 bridgehead atoms. The van der Waals surface area contributed by atoms with Crippen molar-refractivity contribution in [3.63, 3.8) is 0 Å². The van der Waals surface area contributed by atoms with Gasteiger partial charge in [-0.1, -0.05) is 36.4 Å². The van der Waals surface area contributed by atoms with Gasteiger partial charge in [-0.2, -0.15) is 0 Å². The van der Waals surface area contributed by atoms with E-state index in [0.29, 0.717) is 11.3 Å². The molecule has 5 heteroatoms. The highest BCUT2D eigenvalue weighted by atomic mass is 16.6. The van der Waals surface area contributed by atoms with Crippen molar-refractivity contribution in [1.82, 2.24) is 4.98 Å². The number of pyridine rings is 1. The number of hydrogen-bond donors (Lipinski definition) is 1. The van der Waals surface area contributed by atoms with Crippen molar-refractivity contribution in [3.8, 4) is 0 Å². The summed E-state index contributed by atoms with van der Waals surface area (Å²) in [5, 5.41) is 22.4. The molecule has 0 saturated heterocycles. The maximum atomic E-state index is 11.0. The molecule has 2 aromatic carbocycles. The highest BCUT2D eigenvalue weighted by molar-refractivity contribution is 5.78. The third-order valence-electron chi connectivity index (χ3n) is 3.55. The van der Waals surface area contributed by atoms with Gasteiger partial charge in [-0.15, -0.1) is 0 Å². The maximum absolute atomic E-state index is 11.0. The summed E-state index contributed by atoms with van der Waals surface area (Å²) in [6, 6.07) is 17.7. The van der Waals surface area contributed by atoms with Gasteiger partial charge in [0, 0.05) is 23.6 Å². The van der Waals surface area contributed by atoms with Gasteiger partial charge < -0.3 is 5.11 Å². The molecular formula is C17H14N2O3. The summed E-state index contributed by atoms with van der Waals surface area (Å²) < 4.78 is 0. The number of aromatic nitrogens is 1. The summed E-state index contributed by atoms with van der Waals surface area (Å²) >= 11 is 0. The Labute approximate surface area is 127 Å². The molecule has 110 valence electrons. The van der Waals surface area contributed by atoms with Crippen molar-refractivity contribution >= 4 is 16.6 Å². The Balaban J connectivity index is 1.90. The zero-order chi connectivity index (χ0) is 15.5. The molecule has 0 fully saturated rings. The average Bonchev–Trinajstić information content (AvgIpc) is 2.54. The van der Waals surface area contributed by atoms with E-state index in [1.54, 1.807) is 18.2 Å². The van der Waals surface area contributed by atoms with Crippen molar-refractivity contribution in [3.05, 3.63) is 82.0 Å². The Morgan fingerprint density at radius 3 is 2.59 bits per heavy atom. The van der Waals surface area contributed by atoms with Gasteiger partial charge in [0.25, 0.3) is 5.69 Å². The van der Waals surface area contributed by atoms with Gasteiger partial charge in [0.15, 0.2) is 0 Å². The van der Waals surface area contributed by atoms with Crippen molar-refractivity contribution in [2.24, 2.45) is 0 Å². The number of nitrogens with zero attached hydrogens (tertiary/aromatic N) is 2. The van der Waals surface area contributed by atoms with Crippen LogP contribution in [0.5, 0.6) is 0 Å². The first-order valence-corrected chi connectivity index (χ1v) is 6.91. The van der Waals surface area contributed by atoms with Gasteiger partial charge in [-0.05, 0) is 18.2 Å². The average molecular weight is 294 g/mol. The lowest BCUT2D eigenvalue weighted by atomic mass is 10.0. The minimum absolute atomic E-state index is 0.0733. The number of nitro benzene ring substituents is 1. The van der Waals surface area contributed by atoms with Crippen LogP contribution >= 0.6 is 0 Å². The molecule has 1 N–H and O–H groups in total. The second kappa shape index (κ2) is 5.91. The third kappa shape index (κ3) is 2.80. The molecule has 3 rings (SSSR count). The van der Waals surface area contributed by atoms with E-state index in [1.807, 2.05) is 36.4 Å². The van der Waals surface area contributed by atoms with Crippen LogP contribution in [0.1, 0.15) is 17.4 Å².